The lowest BCUT2D eigenvalue weighted by Crippen LogP contribution is -2.25. The molecule has 0 bridgehead atoms. The molecule has 0 fully saturated rings. The van der Waals surface area contributed by atoms with Gasteiger partial charge in [-0.3, -0.25) is 4.79 Å². The second kappa shape index (κ2) is 6.24. The summed E-state index contributed by atoms with van der Waals surface area (Å²) in [5.74, 6) is -0.544. The van der Waals surface area contributed by atoms with Gasteiger partial charge in [-0.1, -0.05) is 0 Å². The zero-order valence-electron chi connectivity index (χ0n) is 8.13. The van der Waals surface area contributed by atoms with Crippen molar-refractivity contribution in [1.29, 1.82) is 0 Å². The van der Waals surface area contributed by atoms with E-state index in [9.17, 15) is 18.0 Å². The summed E-state index contributed by atoms with van der Waals surface area (Å²) >= 11 is 1.71. The molecule has 0 radical (unpaired) electrons. The van der Waals surface area contributed by atoms with E-state index in [1.165, 1.54) is 0 Å². The Balaban J connectivity index is 2.57. The fourth-order valence-electron chi connectivity index (χ4n) is 1.07. The van der Waals surface area contributed by atoms with E-state index >= 15 is 0 Å². The maximum Gasteiger partial charge on any atom is 0.264 e. The van der Waals surface area contributed by atoms with Crippen LogP contribution in [-0.2, 0) is 11.3 Å². The Bertz CT molecular complexity index is 408. The molecule has 16 heavy (non-hydrogen) atoms. The molecule has 0 aliphatic carbocycles. The van der Waals surface area contributed by atoms with Gasteiger partial charge in [0.05, 0.1) is 10.2 Å². The van der Waals surface area contributed by atoms with Crippen molar-refractivity contribution in [3.8, 4) is 0 Å². The highest BCUT2D eigenvalue weighted by Gasteiger charge is 2.05. The second-order valence-electron chi connectivity index (χ2n) is 2.97. The molecule has 0 atom stereocenters. The van der Waals surface area contributed by atoms with Gasteiger partial charge in [-0.2, -0.15) is 0 Å². The summed E-state index contributed by atoms with van der Waals surface area (Å²) in [6.45, 7) is -0.676. The van der Waals surface area contributed by atoms with Gasteiger partial charge in [-0.15, -0.1) is 0 Å². The highest BCUT2D eigenvalue weighted by atomic mass is 127. The summed E-state index contributed by atoms with van der Waals surface area (Å²) in [7, 11) is 0. The quantitative estimate of drug-likeness (QED) is 0.602. The molecule has 1 aromatic heterocycles. The first kappa shape index (κ1) is 13.5. The van der Waals surface area contributed by atoms with Crippen LogP contribution in [0.1, 0.15) is 0 Å². The molecule has 0 saturated heterocycles. The third-order valence-corrected chi connectivity index (χ3v) is 2.50. The summed E-state index contributed by atoms with van der Waals surface area (Å²) in [5, 5.41) is 0. The lowest BCUT2D eigenvalue weighted by atomic mass is 10.4. The first-order chi connectivity index (χ1) is 7.50. The first-order valence-electron chi connectivity index (χ1n) is 4.42. The highest BCUT2D eigenvalue weighted by Crippen LogP contribution is 2.01. The molecule has 0 aliphatic heterocycles. The molecule has 1 rings (SSSR count). The standard InChI is InChI=1S/C9H9F3INO2/c10-6-3-7(13)9(15)14(4-6)1-2-16-5-8(11)12/h3-4,8H,1-2,5H2. The molecule has 90 valence electrons. The number of hydrogen-bond donors (Lipinski definition) is 0. The minimum Gasteiger partial charge on any atom is -0.374 e. The van der Waals surface area contributed by atoms with Crippen LogP contribution in [0.25, 0.3) is 0 Å². The summed E-state index contributed by atoms with van der Waals surface area (Å²) in [4.78, 5) is 11.4. The smallest absolute Gasteiger partial charge is 0.264 e. The number of aromatic nitrogens is 1. The Kier molecular flexibility index (Phi) is 5.26. The predicted octanol–water partition coefficient (Wildman–Crippen LogP) is 1.87. The van der Waals surface area contributed by atoms with Gasteiger partial charge in [-0.05, 0) is 28.7 Å². The molecule has 7 heteroatoms. The van der Waals surface area contributed by atoms with E-state index in [4.69, 9.17) is 0 Å². The van der Waals surface area contributed by atoms with E-state index in [0.29, 0.717) is 0 Å². The molecule has 0 amide bonds. The van der Waals surface area contributed by atoms with Crippen molar-refractivity contribution < 1.29 is 17.9 Å². The van der Waals surface area contributed by atoms with Gasteiger partial charge in [0, 0.05) is 12.7 Å². The SMILES string of the molecule is O=c1c(I)cc(F)cn1CCOCC(F)F. The van der Waals surface area contributed by atoms with Crippen LogP contribution >= 0.6 is 22.6 Å². The summed E-state index contributed by atoms with van der Waals surface area (Å²) < 4.78 is 42.3. The molecule has 1 heterocycles. The topological polar surface area (TPSA) is 31.2 Å². The van der Waals surface area contributed by atoms with Crippen molar-refractivity contribution >= 4 is 22.6 Å². The lowest BCUT2D eigenvalue weighted by molar-refractivity contribution is 0.0145. The Morgan fingerprint density at radius 2 is 2.19 bits per heavy atom. The molecule has 3 nitrogen and oxygen atoms in total. The number of alkyl halides is 2. The molecule has 0 aromatic carbocycles. The van der Waals surface area contributed by atoms with Gasteiger partial charge in [0.25, 0.3) is 12.0 Å². The number of hydrogen-bond acceptors (Lipinski definition) is 2. The van der Waals surface area contributed by atoms with Gasteiger partial charge in [-0.25, -0.2) is 13.2 Å². The first-order valence-corrected chi connectivity index (χ1v) is 5.50. The molecular formula is C9H9F3INO2. The monoisotopic (exact) mass is 347 g/mol. The minimum atomic E-state index is -2.54. The van der Waals surface area contributed by atoms with E-state index in [0.717, 1.165) is 16.8 Å². The molecule has 0 spiro atoms. The summed E-state index contributed by atoms with van der Waals surface area (Å²) in [6, 6.07) is 1.11. The maximum atomic E-state index is 12.9. The van der Waals surface area contributed by atoms with Crippen LogP contribution in [0, 0.1) is 9.39 Å². The van der Waals surface area contributed by atoms with Crippen molar-refractivity contribution in [2.75, 3.05) is 13.2 Å². The van der Waals surface area contributed by atoms with Gasteiger partial charge < -0.3 is 9.30 Å². The van der Waals surface area contributed by atoms with E-state index in [-0.39, 0.29) is 22.3 Å². The molecule has 0 saturated carbocycles. The Morgan fingerprint density at radius 3 is 2.81 bits per heavy atom. The zero-order valence-corrected chi connectivity index (χ0v) is 10.3. The Morgan fingerprint density at radius 1 is 1.50 bits per heavy atom. The van der Waals surface area contributed by atoms with Gasteiger partial charge in [0.1, 0.15) is 12.4 Å². The second-order valence-corrected chi connectivity index (χ2v) is 4.13. The number of nitrogens with zero attached hydrogens (tertiary/aromatic N) is 1. The molecule has 0 aliphatic rings. The van der Waals surface area contributed by atoms with E-state index in [1.54, 1.807) is 22.6 Å². The zero-order chi connectivity index (χ0) is 12.1. The minimum absolute atomic E-state index is 0.0518. The lowest BCUT2D eigenvalue weighted by Gasteiger charge is -2.07. The fraction of sp³-hybridized carbons (Fsp3) is 0.444. The number of rotatable bonds is 5. The Hall–Kier alpha value is -0.570. The van der Waals surface area contributed by atoms with Crippen LogP contribution in [0.5, 0.6) is 0 Å². The van der Waals surface area contributed by atoms with Crippen molar-refractivity contribution in [2.24, 2.45) is 0 Å². The third kappa shape index (κ3) is 4.12. The van der Waals surface area contributed by atoms with E-state index < -0.39 is 18.8 Å². The molecule has 1 aromatic rings. The van der Waals surface area contributed by atoms with Crippen molar-refractivity contribution in [3.63, 3.8) is 0 Å². The largest absolute Gasteiger partial charge is 0.374 e. The maximum absolute atomic E-state index is 12.9. The molecule has 0 N–H and O–H groups in total. The fourth-order valence-corrected chi connectivity index (χ4v) is 1.67. The van der Waals surface area contributed by atoms with Crippen LogP contribution in [-0.4, -0.2) is 24.2 Å². The molecule has 0 unspecified atom stereocenters. The predicted molar refractivity (Wildman–Crippen MR) is 60.2 cm³/mol. The van der Waals surface area contributed by atoms with Crippen LogP contribution < -0.4 is 5.56 Å². The van der Waals surface area contributed by atoms with Crippen LogP contribution in [0.15, 0.2) is 17.1 Å². The summed E-state index contributed by atoms with van der Waals surface area (Å²) in [6.07, 6.45) is -1.51. The van der Waals surface area contributed by atoms with Gasteiger partial charge in [0.2, 0.25) is 0 Å². The Labute approximate surface area is 103 Å². The van der Waals surface area contributed by atoms with Gasteiger partial charge in [0.15, 0.2) is 0 Å². The van der Waals surface area contributed by atoms with Crippen LogP contribution in [0.4, 0.5) is 13.2 Å². The number of pyridine rings is 1. The average Bonchev–Trinajstić information content (AvgIpc) is 2.19. The third-order valence-electron chi connectivity index (χ3n) is 1.73. The number of ether oxygens (including phenoxy) is 1. The normalized spacial score (nSPS) is 11.1. The average molecular weight is 347 g/mol. The highest BCUT2D eigenvalue weighted by molar-refractivity contribution is 14.1. The van der Waals surface area contributed by atoms with Crippen LogP contribution in [0.2, 0.25) is 0 Å². The van der Waals surface area contributed by atoms with Gasteiger partial charge >= 0.3 is 0 Å². The van der Waals surface area contributed by atoms with E-state index in [1.807, 2.05) is 0 Å². The summed E-state index contributed by atoms with van der Waals surface area (Å²) in [5.41, 5.74) is -0.359. The van der Waals surface area contributed by atoms with Crippen molar-refractivity contribution in [1.82, 2.24) is 4.57 Å². The molecular weight excluding hydrogens is 338 g/mol. The van der Waals surface area contributed by atoms with Crippen molar-refractivity contribution in [3.05, 3.63) is 32.0 Å². The van der Waals surface area contributed by atoms with Crippen LogP contribution in [0.3, 0.4) is 0 Å². The van der Waals surface area contributed by atoms with Crippen molar-refractivity contribution in [2.45, 2.75) is 13.0 Å². The van der Waals surface area contributed by atoms with E-state index in [2.05, 4.69) is 4.74 Å². The number of halogens is 4.